The minimum absolute atomic E-state index is 0.557. The predicted octanol–water partition coefficient (Wildman–Crippen LogP) is 6.22. The number of hydrogen-bond acceptors (Lipinski definition) is 2. The fraction of sp³-hybridized carbons (Fsp3) is 0.692. The van der Waals surface area contributed by atoms with E-state index in [1.807, 2.05) is 0 Å². The monoisotopic (exact) mass is 380 g/mol. The highest BCUT2D eigenvalue weighted by atomic mass is 16.6. The van der Waals surface area contributed by atoms with Crippen molar-refractivity contribution in [2.75, 3.05) is 0 Å². The van der Waals surface area contributed by atoms with Crippen molar-refractivity contribution in [1.82, 2.24) is 0 Å². The summed E-state index contributed by atoms with van der Waals surface area (Å²) in [5, 5.41) is 0. The van der Waals surface area contributed by atoms with Crippen molar-refractivity contribution in [2.24, 2.45) is 11.8 Å². The minimum atomic E-state index is 0.557. The summed E-state index contributed by atoms with van der Waals surface area (Å²) in [6.07, 6.45) is 9.93. The van der Waals surface area contributed by atoms with Crippen LogP contribution in [0.5, 0.6) is 0 Å². The van der Waals surface area contributed by atoms with Crippen molar-refractivity contribution in [2.45, 2.75) is 102 Å². The zero-order valence-corrected chi connectivity index (χ0v) is 18.0. The number of rotatable bonds is 6. The number of fused-ring (bicyclic) bond motifs is 2. The van der Waals surface area contributed by atoms with Crippen LogP contribution in [-0.2, 0) is 9.47 Å². The van der Waals surface area contributed by atoms with Crippen molar-refractivity contribution < 1.29 is 9.47 Å². The molecule has 8 atom stereocenters. The SMILES string of the molecule is C[C](C)C(c1ccc(C([C](C)C)C2CCC3OC3C2)cc1)C1CCC2OC2C1. The van der Waals surface area contributed by atoms with Gasteiger partial charge in [-0.2, -0.15) is 0 Å². The summed E-state index contributed by atoms with van der Waals surface area (Å²) >= 11 is 0. The lowest BCUT2D eigenvalue weighted by atomic mass is 9.70. The third-order valence-corrected chi connectivity index (χ3v) is 7.93. The highest BCUT2D eigenvalue weighted by Crippen LogP contribution is 2.49. The molecule has 2 aliphatic carbocycles. The first kappa shape index (κ1) is 19.1. The Labute approximate surface area is 171 Å². The molecule has 28 heavy (non-hydrogen) atoms. The Morgan fingerprint density at radius 3 is 1.36 bits per heavy atom. The maximum absolute atomic E-state index is 5.81. The van der Waals surface area contributed by atoms with Crippen molar-refractivity contribution in [3.8, 4) is 0 Å². The summed E-state index contributed by atoms with van der Waals surface area (Å²) in [6, 6.07) is 9.73. The third kappa shape index (κ3) is 3.67. The van der Waals surface area contributed by atoms with Crippen LogP contribution < -0.4 is 0 Å². The molecule has 0 spiro atoms. The molecule has 0 amide bonds. The van der Waals surface area contributed by atoms with Gasteiger partial charge in [0, 0.05) is 0 Å². The van der Waals surface area contributed by atoms with Crippen molar-refractivity contribution >= 4 is 0 Å². The molecule has 0 bridgehead atoms. The van der Waals surface area contributed by atoms with E-state index in [2.05, 4.69) is 52.0 Å². The van der Waals surface area contributed by atoms with Crippen LogP contribution in [0.15, 0.2) is 24.3 Å². The van der Waals surface area contributed by atoms with E-state index in [9.17, 15) is 0 Å². The largest absolute Gasteiger partial charge is 0.370 e. The lowest BCUT2D eigenvalue weighted by Crippen LogP contribution is -2.24. The third-order valence-electron chi connectivity index (χ3n) is 7.93. The highest BCUT2D eigenvalue weighted by molar-refractivity contribution is 5.34. The average molecular weight is 381 g/mol. The molecule has 2 heteroatoms. The second kappa shape index (κ2) is 7.43. The first-order valence-corrected chi connectivity index (χ1v) is 11.5. The molecule has 0 N–H and O–H groups in total. The summed E-state index contributed by atoms with van der Waals surface area (Å²) in [5.41, 5.74) is 3.02. The van der Waals surface area contributed by atoms with Gasteiger partial charge in [0.2, 0.25) is 0 Å². The quantitative estimate of drug-likeness (QED) is 0.548. The molecular weight excluding hydrogens is 344 g/mol. The van der Waals surface area contributed by atoms with E-state index in [-0.39, 0.29) is 0 Å². The van der Waals surface area contributed by atoms with E-state index in [1.165, 1.54) is 49.7 Å². The summed E-state index contributed by atoms with van der Waals surface area (Å²) < 4.78 is 11.6. The number of benzene rings is 1. The summed E-state index contributed by atoms with van der Waals surface area (Å²) in [6.45, 7) is 9.27. The fourth-order valence-corrected chi connectivity index (χ4v) is 6.54. The normalized spacial score (nSPS) is 38.6. The highest BCUT2D eigenvalue weighted by Gasteiger charge is 2.47. The van der Waals surface area contributed by atoms with Gasteiger partial charge in [0.1, 0.15) is 0 Å². The van der Waals surface area contributed by atoms with Gasteiger partial charge in [-0.1, -0.05) is 52.0 Å². The zero-order chi connectivity index (χ0) is 19.4. The molecule has 4 fully saturated rings. The molecule has 2 radical (unpaired) electrons. The molecule has 2 saturated carbocycles. The molecule has 152 valence electrons. The maximum atomic E-state index is 5.81. The second-order valence-corrected chi connectivity index (χ2v) is 10.3. The van der Waals surface area contributed by atoms with E-state index in [1.54, 1.807) is 11.8 Å². The Bertz CT molecular complexity index is 619. The van der Waals surface area contributed by atoms with E-state index in [0.29, 0.717) is 36.3 Å². The topological polar surface area (TPSA) is 25.1 Å². The lowest BCUT2D eigenvalue weighted by Gasteiger charge is -2.34. The minimum Gasteiger partial charge on any atom is -0.370 e. The molecule has 2 saturated heterocycles. The Balaban J connectivity index is 1.34. The Morgan fingerprint density at radius 2 is 1.04 bits per heavy atom. The lowest BCUT2D eigenvalue weighted by molar-refractivity contribution is 0.326. The van der Waals surface area contributed by atoms with Gasteiger partial charge in [-0.05, 0) is 85.2 Å². The first-order valence-electron chi connectivity index (χ1n) is 11.5. The second-order valence-electron chi connectivity index (χ2n) is 10.3. The molecule has 2 aliphatic heterocycles. The first-order chi connectivity index (χ1) is 13.5. The number of epoxide rings is 2. The standard InChI is InChI=1S/C26H36O2/c1-15(2)25(19-9-11-21-23(13-19)27-21)17-5-7-18(8-6-17)26(16(3)4)20-10-12-22-24(14-20)28-22/h5-8,19-26H,9-14H2,1-4H3. The Kier molecular flexibility index (Phi) is 5.08. The summed E-state index contributed by atoms with van der Waals surface area (Å²) in [7, 11) is 0. The molecule has 2 heterocycles. The van der Waals surface area contributed by atoms with Crippen LogP contribution in [0.4, 0.5) is 0 Å². The van der Waals surface area contributed by atoms with Gasteiger partial charge in [0.25, 0.3) is 0 Å². The van der Waals surface area contributed by atoms with Crippen LogP contribution in [0, 0.1) is 23.7 Å². The maximum Gasteiger partial charge on any atom is 0.0844 e. The van der Waals surface area contributed by atoms with Gasteiger partial charge in [-0.15, -0.1) is 0 Å². The number of hydrogen-bond donors (Lipinski definition) is 0. The van der Waals surface area contributed by atoms with Crippen LogP contribution in [-0.4, -0.2) is 24.4 Å². The van der Waals surface area contributed by atoms with Gasteiger partial charge in [0.15, 0.2) is 0 Å². The smallest absolute Gasteiger partial charge is 0.0844 e. The van der Waals surface area contributed by atoms with Gasteiger partial charge in [-0.25, -0.2) is 0 Å². The number of ether oxygens (including phenoxy) is 2. The zero-order valence-electron chi connectivity index (χ0n) is 18.0. The molecule has 2 nitrogen and oxygen atoms in total. The van der Waals surface area contributed by atoms with E-state index >= 15 is 0 Å². The average Bonchev–Trinajstić information content (AvgIpc) is 3.56. The molecule has 1 aromatic carbocycles. The van der Waals surface area contributed by atoms with Gasteiger partial charge in [-0.3, -0.25) is 0 Å². The van der Waals surface area contributed by atoms with Crippen LogP contribution in [0.2, 0.25) is 0 Å². The Morgan fingerprint density at radius 1 is 0.643 bits per heavy atom. The van der Waals surface area contributed by atoms with Crippen LogP contribution in [0.1, 0.15) is 89.2 Å². The molecule has 8 unspecified atom stereocenters. The van der Waals surface area contributed by atoms with Gasteiger partial charge < -0.3 is 9.47 Å². The molecule has 5 rings (SSSR count). The summed E-state index contributed by atoms with van der Waals surface area (Å²) in [5.74, 6) is 5.76. The Hall–Kier alpha value is -0.860. The van der Waals surface area contributed by atoms with Crippen LogP contribution >= 0.6 is 0 Å². The van der Waals surface area contributed by atoms with Gasteiger partial charge in [0.05, 0.1) is 24.4 Å². The van der Waals surface area contributed by atoms with E-state index in [0.717, 1.165) is 11.8 Å². The molecule has 0 aromatic heterocycles. The summed E-state index contributed by atoms with van der Waals surface area (Å²) in [4.78, 5) is 0. The van der Waals surface area contributed by atoms with Gasteiger partial charge >= 0.3 is 0 Å². The van der Waals surface area contributed by atoms with Crippen molar-refractivity contribution in [1.29, 1.82) is 0 Å². The van der Waals surface area contributed by atoms with E-state index < -0.39 is 0 Å². The predicted molar refractivity (Wildman–Crippen MR) is 113 cm³/mol. The van der Waals surface area contributed by atoms with Crippen molar-refractivity contribution in [3.05, 3.63) is 47.2 Å². The molecular formula is C26H36O2. The van der Waals surface area contributed by atoms with Crippen LogP contribution in [0.3, 0.4) is 0 Å². The molecule has 4 aliphatic rings. The van der Waals surface area contributed by atoms with E-state index in [4.69, 9.17) is 9.47 Å². The van der Waals surface area contributed by atoms with Crippen LogP contribution in [0.25, 0.3) is 0 Å². The fourth-order valence-electron chi connectivity index (χ4n) is 6.54. The van der Waals surface area contributed by atoms with Crippen molar-refractivity contribution in [3.63, 3.8) is 0 Å². The molecule has 1 aromatic rings.